The average Bonchev–Trinajstić information content (AvgIpc) is 2.69. The molecule has 0 atom stereocenters. The van der Waals surface area contributed by atoms with Crippen molar-refractivity contribution in [3.63, 3.8) is 0 Å². The summed E-state index contributed by atoms with van der Waals surface area (Å²) < 4.78 is 5.18. The van der Waals surface area contributed by atoms with Crippen LogP contribution in [0, 0.1) is 0 Å². The molecule has 2 aromatic carbocycles. The molecule has 0 aliphatic carbocycles. The number of benzene rings is 2. The molecule has 3 aromatic rings. The Morgan fingerprint density at radius 3 is 2.65 bits per heavy atom. The number of nitrogens with zero attached hydrogens (tertiary/aromatic N) is 2. The molecule has 0 radical (unpaired) electrons. The maximum Gasteiger partial charge on any atom is 0.274 e. The fraction of sp³-hybridized carbons (Fsp3) is 0.143. The lowest BCUT2D eigenvalue weighted by atomic mass is 10.2. The predicted molar refractivity (Wildman–Crippen MR) is 104 cm³/mol. The van der Waals surface area contributed by atoms with E-state index in [9.17, 15) is 4.79 Å². The minimum Gasteiger partial charge on any atom is -0.497 e. The van der Waals surface area contributed by atoms with Gasteiger partial charge in [-0.3, -0.25) is 9.78 Å². The normalized spacial score (nSPS) is 10.2. The Balaban J connectivity index is 1.72. The summed E-state index contributed by atoms with van der Waals surface area (Å²) in [6.07, 6.45) is 1.65. The molecular weight excluding hydrogens is 326 g/mol. The van der Waals surface area contributed by atoms with Crippen molar-refractivity contribution in [1.29, 1.82) is 0 Å². The van der Waals surface area contributed by atoms with Crippen LogP contribution in [0.3, 0.4) is 0 Å². The molecule has 3 rings (SSSR count). The Hall–Kier alpha value is -3.34. The number of hydrogen-bond donors (Lipinski definition) is 1. The Labute approximate surface area is 153 Å². The zero-order valence-corrected chi connectivity index (χ0v) is 14.8. The van der Waals surface area contributed by atoms with Gasteiger partial charge in [0.25, 0.3) is 5.91 Å². The molecule has 26 heavy (non-hydrogen) atoms. The number of aromatic nitrogens is 1. The topological polar surface area (TPSA) is 54.5 Å². The smallest absolute Gasteiger partial charge is 0.274 e. The fourth-order valence-corrected chi connectivity index (χ4v) is 2.63. The number of ether oxygens (including phenoxy) is 1. The van der Waals surface area contributed by atoms with Gasteiger partial charge in [-0.1, -0.05) is 36.4 Å². The zero-order valence-electron chi connectivity index (χ0n) is 14.8. The number of anilines is 2. The summed E-state index contributed by atoms with van der Waals surface area (Å²) in [5.74, 6) is 0.431. The van der Waals surface area contributed by atoms with E-state index >= 15 is 0 Å². The highest BCUT2D eigenvalue weighted by molar-refractivity contribution is 6.03. The summed E-state index contributed by atoms with van der Waals surface area (Å²) in [7, 11) is 3.58. The standard InChI is InChI=1S/C21H21N3O2/c1-24(15-16-7-4-3-5-8-16)18-11-12-22-20(14-18)21(25)23-17-9-6-10-19(13-17)26-2/h3-14H,15H2,1-2H3,(H,23,25). The minimum atomic E-state index is -0.256. The van der Waals surface area contributed by atoms with Crippen LogP contribution in [0.25, 0.3) is 0 Å². The second-order valence-electron chi connectivity index (χ2n) is 5.93. The van der Waals surface area contributed by atoms with Crippen molar-refractivity contribution in [2.75, 3.05) is 24.4 Å². The van der Waals surface area contributed by atoms with Crippen LogP contribution in [0.5, 0.6) is 5.75 Å². The molecule has 5 heteroatoms. The number of nitrogens with one attached hydrogen (secondary N) is 1. The Bertz CT molecular complexity index is 881. The maximum atomic E-state index is 12.5. The number of pyridine rings is 1. The van der Waals surface area contributed by atoms with Crippen molar-refractivity contribution in [2.45, 2.75) is 6.54 Å². The van der Waals surface area contributed by atoms with E-state index in [-0.39, 0.29) is 5.91 Å². The molecule has 1 N–H and O–H groups in total. The van der Waals surface area contributed by atoms with Gasteiger partial charge in [-0.25, -0.2) is 0 Å². The van der Waals surface area contributed by atoms with Gasteiger partial charge in [-0.05, 0) is 29.8 Å². The van der Waals surface area contributed by atoms with Crippen LogP contribution in [0.4, 0.5) is 11.4 Å². The lowest BCUT2D eigenvalue weighted by Gasteiger charge is -2.19. The molecule has 0 bridgehead atoms. The van der Waals surface area contributed by atoms with Crippen molar-refractivity contribution in [3.8, 4) is 5.75 Å². The molecule has 1 amide bonds. The Kier molecular flexibility index (Phi) is 5.49. The first kappa shape index (κ1) is 17.5. The van der Waals surface area contributed by atoms with Crippen LogP contribution in [-0.4, -0.2) is 25.0 Å². The van der Waals surface area contributed by atoms with Crippen LogP contribution >= 0.6 is 0 Å². The lowest BCUT2D eigenvalue weighted by molar-refractivity contribution is 0.102. The van der Waals surface area contributed by atoms with Crippen molar-refractivity contribution >= 4 is 17.3 Å². The van der Waals surface area contributed by atoms with E-state index in [1.165, 1.54) is 5.56 Å². The van der Waals surface area contributed by atoms with E-state index in [2.05, 4.69) is 27.3 Å². The summed E-state index contributed by atoms with van der Waals surface area (Å²) >= 11 is 0. The minimum absolute atomic E-state index is 0.256. The van der Waals surface area contributed by atoms with Crippen LogP contribution in [0.15, 0.2) is 72.9 Å². The van der Waals surface area contributed by atoms with E-state index in [0.717, 1.165) is 12.2 Å². The number of methoxy groups -OCH3 is 1. The zero-order chi connectivity index (χ0) is 18.4. The van der Waals surface area contributed by atoms with E-state index < -0.39 is 0 Å². The van der Waals surface area contributed by atoms with Gasteiger partial charge in [0.1, 0.15) is 11.4 Å². The van der Waals surface area contributed by atoms with E-state index in [1.54, 1.807) is 25.4 Å². The Morgan fingerprint density at radius 1 is 1.08 bits per heavy atom. The Morgan fingerprint density at radius 2 is 1.88 bits per heavy atom. The molecule has 0 spiro atoms. The summed E-state index contributed by atoms with van der Waals surface area (Å²) in [5.41, 5.74) is 3.17. The van der Waals surface area contributed by atoms with Crippen LogP contribution in [0.2, 0.25) is 0 Å². The monoisotopic (exact) mass is 347 g/mol. The van der Waals surface area contributed by atoms with Gasteiger partial charge in [0.15, 0.2) is 0 Å². The summed E-state index contributed by atoms with van der Waals surface area (Å²) in [6.45, 7) is 0.752. The molecule has 0 saturated heterocycles. The molecule has 0 aliphatic rings. The largest absolute Gasteiger partial charge is 0.497 e. The lowest BCUT2D eigenvalue weighted by Crippen LogP contribution is -2.18. The van der Waals surface area contributed by atoms with Gasteiger partial charge in [-0.15, -0.1) is 0 Å². The summed E-state index contributed by atoms with van der Waals surface area (Å²) in [5, 5.41) is 2.85. The third kappa shape index (κ3) is 4.39. The van der Waals surface area contributed by atoms with Crippen molar-refractivity contribution < 1.29 is 9.53 Å². The molecular formula is C21H21N3O2. The second kappa shape index (κ2) is 8.16. The van der Waals surface area contributed by atoms with Crippen LogP contribution in [0.1, 0.15) is 16.1 Å². The van der Waals surface area contributed by atoms with E-state index in [0.29, 0.717) is 17.1 Å². The van der Waals surface area contributed by atoms with Gasteiger partial charge in [-0.2, -0.15) is 0 Å². The molecule has 0 fully saturated rings. The van der Waals surface area contributed by atoms with Crippen LogP contribution in [-0.2, 0) is 6.54 Å². The van der Waals surface area contributed by atoms with Gasteiger partial charge in [0.2, 0.25) is 0 Å². The van der Waals surface area contributed by atoms with Crippen molar-refractivity contribution in [2.24, 2.45) is 0 Å². The van der Waals surface area contributed by atoms with Crippen molar-refractivity contribution in [3.05, 3.63) is 84.2 Å². The van der Waals surface area contributed by atoms with Gasteiger partial charge in [0.05, 0.1) is 7.11 Å². The molecule has 1 aromatic heterocycles. The molecule has 0 aliphatic heterocycles. The highest BCUT2D eigenvalue weighted by atomic mass is 16.5. The van der Waals surface area contributed by atoms with Crippen molar-refractivity contribution in [1.82, 2.24) is 4.98 Å². The first-order chi connectivity index (χ1) is 12.7. The molecule has 5 nitrogen and oxygen atoms in total. The number of hydrogen-bond acceptors (Lipinski definition) is 4. The average molecular weight is 347 g/mol. The van der Waals surface area contributed by atoms with Crippen LogP contribution < -0.4 is 15.0 Å². The van der Waals surface area contributed by atoms with Gasteiger partial charge >= 0.3 is 0 Å². The number of carbonyl (C=O) groups is 1. The quantitative estimate of drug-likeness (QED) is 0.733. The first-order valence-electron chi connectivity index (χ1n) is 8.32. The first-order valence-corrected chi connectivity index (χ1v) is 8.32. The highest BCUT2D eigenvalue weighted by Crippen LogP contribution is 2.19. The maximum absolute atomic E-state index is 12.5. The van der Waals surface area contributed by atoms with Gasteiger partial charge in [0, 0.05) is 37.2 Å². The van der Waals surface area contributed by atoms with E-state index in [1.807, 2.05) is 49.5 Å². The van der Waals surface area contributed by atoms with Gasteiger partial charge < -0.3 is 15.0 Å². The molecule has 1 heterocycles. The number of amides is 1. The highest BCUT2D eigenvalue weighted by Gasteiger charge is 2.11. The molecule has 132 valence electrons. The molecule has 0 saturated carbocycles. The predicted octanol–water partition coefficient (Wildman–Crippen LogP) is 3.98. The number of rotatable bonds is 6. The fourth-order valence-electron chi connectivity index (χ4n) is 2.63. The third-order valence-electron chi connectivity index (χ3n) is 4.01. The van der Waals surface area contributed by atoms with E-state index in [4.69, 9.17) is 4.74 Å². The SMILES string of the molecule is COc1cccc(NC(=O)c2cc(N(C)Cc3ccccc3)ccn2)c1. The summed E-state index contributed by atoms with van der Waals surface area (Å²) in [6, 6.07) is 21.1. The number of carbonyl (C=O) groups excluding carboxylic acids is 1. The third-order valence-corrected chi connectivity index (χ3v) is 4.01. The second-order valence-corrected chi connectivity index (χ2v) is 5.93. The molecule has 0 unspecified atom stereocenters. The summed E-state index contributed by atoms with van der Waals surface area (Å²) in [4.78, 5) is 18.8.